The maximum absolute atomic E-state index is 6.30. The van der Waals surface area contributed by atoms with E-state index in [1.54, 1.807) is 0 Å². The Kier molecular flexibility index (Phi) is 2.78. The molecule has 0 spiro atoms. The van der Waals surface area contributed by atoms with E-state index in [4.69, 9.17) is 5.73 Å². The van der Waals surface area contributed by atoms with Gasteiger partial charge in [-0.1, -0.05) is 41.0 Å². The molecule has 0 heterocycles. The van der Waals surface area contributed by atoms with E-state index in [1.807, 2.05) is 0 Å². The molecular weight excluding hydrogens is 158 g/mol. The van der Waals surface area contributed by atoms with Crippen molar-refractivity contribution in [3.05, 3.63) is 0 Å². The van der Waals surface area contributed by atoms with Crippen LogP contribution in [0.15, 0.2) is 0 Å². The summed E-state index contributed by atoms with van der Waals surface area (Å²) in [6.07, 6.45) is 3.85. The normalized spacial score (nSPS) is 35.8. The predicted octanol–water partition coefficient (Wildman–Crippen LogP) is 3.19. The maximum atomic E-state index is 6.30. The van der Waals surface area contributed by atoms with Crippen LogP contribution in [-0.2, 0) is 0 Å². The van der Waals surface area contributed by atoms with Crippen molar-refractivity contribution >= 4 is 0 Å². The fourth-order valence-electron chi connectivity index (χ4n) is 3.57. The summed E-state index contributed by atoms with van der Waals surface area (Å²) in [5.41, 5.74) is 7.01. The zero-order chi connectivity index (χ0) is 10.3. The molecule has 0 aromatic heterocycles. The number of rotatable bonds is 1. The fraction of sp³-hybridized carbons (Fsp3) is 1.00. The van der Waals surface area contributed by atoms with Crippen molar-refractivity contribution in [2.75, 3.05) is 0 Å². The van der Waals surface area contributed by atoms with Crippen LogP contribution in [0.1, 0.15) is 53.9 Å². The van der Waals surface area contributed by atoms with E-state index in [1.165, 1.54) is 19.3 Å². The lowest BCUT2D eigenvalue weighted by Crippen LogP contribution is -2.50. The summed E-state index contributed by atoms with van der Waals surface area (Å²) in [5, 5.41) is 0. The van der Waals surface area contributed by atoms with Gasteiger partial charge in [0.15, 0.2) is 0 Å². The molecule has 1 heteroatoms. The van der Waals surface area contributed by atoms with Crippen molar-refractivity contribution < 1.29 is 0 Å². The first kappa shape index (κ1) is 11.0. The predicted molar refractivity (Wildman–Crippen MR) is 58.6 cm³/mol. The Morgan fingerprint density at radius 3 is 2.00 bits per heavy atom. The Bertz CT molecular complexity index is 178. The molecule has 1 fully saturated rings. The third kappa shape index (κ3) is 1.52. The second kappa shape index (κ2) is 3.27. The average molecular weight is 183 g/mol. The molecule has 1 unspecified atom stereocenters. The van der Waals surface area contributed by atoms with Crippen molar-refractivity contribution in [2.45, 2.75) is 59.9 Å². The maximum Gasteiger partial charge on any atom is 0.0103 e. The van der Waals surface area contributed by atoms with Crippen molar-refractivity contribution in [2.24, 2.45) is 22.5 Å². The standard InChI is InChI=1S/C12H25N/c1-9(2)12(11(3,4)5)8-6-7-10(12)13/h9-10H,6-8,13H2,1-5H3/t10-,12?/m1/s1. The van der Waals surface area contributed by atoms with Crippen molar-refractivity contribution in [3.63, 3.8) is 0 Å². The topological polar surface area (TPSA) is 26.0 Å². The first-order chi connectivity index (χ1) is 5.82. The van der Waals surface area contributed by atoms with E-state index in [-0.39, 0.29) is 0 Å². The van der Waals surface area contributed by atoms with E-state index in [9.17, 15) is 0 Å². The third-order valence-corrected chi connectivity index (χ3v) is 4.19. The average Bonchev–Trinajstić information content (AvgIpc) is 2.29. The quantitative estimate of drug-likeness (QED) is 0.664. The van der Waals surface area contributed by atoms with Gasteiger partial charge in [-0.15, -0.1) is 0 Å². The largest absolute Gasteiger partial charge is 0.327 e. The molecule has 1 aliphatic carbocycles. The van der Waals surface area contributed by atoms with Gasteiger partial charge in [0.25, 0.3) is 0 Å². The summed E-state index contributed by atoms with van der Waals surface area (Å²) in [6.45, 7) is 11.7. The molecule has 1 aliphatic rings. The molecule has 78 valence electrons. The summed E-state index contributed by atoms with van der Waals surface area (Å²) in [4.78, 5) is 0. The molecule has 1 rings (SSSR count). The van der Waals surface area contributed by atoms with Crippen LogP contribution >= 0.6 is 0 Å². The highest BCUT2D eigenvalue weighted by molar-refractivity contribution is 5.03. The Balaban J connectivity index is 3.01. The van der Waals surface area contributed by atoms with Crippen LogP contribution in [0.2, 0.25) is 0 Å². The van der Waals surface area contributed by atoms with Crippen LogP contribution in [0.4, 0.5) is 0 Å². The van der Waals surface area contributed by atoms with Gasteiger partial charge >= 0.3 is 0 Å². The van der Waals surface area contributed by atoms with Gasteiger partial charge in [0.2, 0.25) is 0 Å². The van der Waals surface area contributed by atoms with Crippen LogP contribution in [0.3, 0.4) is 0 Å². The molecule has 0 aromatic rings. The van der Waals surface area contributed by atoms with Crippen LogP contribution in [0.5, 0.6) is 0 Å². The number of hydrogen-bond donors (Lipinski definition) is 1. The monoisotopic (exact) mass is 183 g/mol. The van der Waals surface area contributed by atoms with Gasteiger partial charge < -0.3 is 5.73 Å². The number of nitrogens with two attached hydrogens (primary N) is 1. The van der Waals surface area contributed by atoms with Gasteiger partial charge in [0, 0.05) is 6.04 Å². The zero-order valence-corrected chi connectivity index (χ0v) is 9.85. The highest BCUT2D eigenvalue weighted by Gasteiger charge is 2.50. The van der Waals surface area contributed by atoms with E-state index >= 15 is 0 Å². The highest BCUT2D eigenvalue weighted by atomic mass is 14.8. The molecule has 1 nitrogen and oxygen atoms in total. The first-order valence-corrected chi connectivity index (χ1v) is 5.58. The lowest BCUT2D eigenvalue weighted by Gasteiger charge is -2.48. The lowest BCUT2D eigenvalue weighted by molar-refractivity contribution is 0.0213. The smallest absolute Gasteiger partial charge is 0.0103 e. The molecule has 0 amide bonds. The summed E-state index contributed by atoms with van der Waals surface area (Å²) < 4.78 is 0. The molecule has 0 aliphatic heterocycles. The SMILES string of the molecule is CC(C)C1(C(C)(C)C)CCC[C@H]1N. The minimum Gasteiger partial charge on any atom is -0.327 e. The Morgan fingerprint density at radius 1 is 1.31 bits per heavy atom. The third-order valence-electron chi connectivity index (χ3n) is 4.19. The molecular formula is C12H25N. The molecule has 0 saturated heterocycles. The van der Waals surface area contributed by atoms with E-state index < -0.39 is 0 Å². The minimum absolute atomic E-state index is 0.344. The van der Waals surface area contributed by atoms with Gasteiger partial charge in [0.05, 0.1) is 0 Å². The summed E-state index contributed by atoms with van der Waals surface area (Å²) in [6, 6.07) is 0.410. The van der Waals surface area contributed by atoms with Crippen LogP contribution in [-0.4, -0.2) is 6.04 Å². The van der Waals surface area contributed by atoms with Crippen molar-refractivity contribution in [1.82, 2.24) is 0 Å². The second-order valence-corrected chi connectivity index (χ2v) is 5.94. The van der Waals surface area contributed by atoms with E-state index in [0.29, 0.717) is 22.8 Å². The molecule has 0 radical (unpaired) electrons. The van der Waals surface area contributed by atoms with E-state index in [0.717, 1.165) is 0 Å². The molecule has 2 atom stereocenters. The van der Waals surface area contributed by atoms with Crippen LogP contribution < -0.4 is 5.73 Å². The second-order valence-electron chi connectivity index (χ2n) is 5.94. The van der Waals surface area contributed by atoms with Gasteiger partial charge in [0.1, 0.15) is 0 Å². The zero-order valence-electron chi connectivity index (χ0n) is 9.85. The first-order valence-electron chi connectivity index (χ1n) is 5.58. The van der Waals surface area contributed by atoms with Gasteiger partial charge in [-0.25, -0.2) is 0 Å². The molecule has 0 aromatic carbocycles. The summed E-state index contributed by atoms with van der Waals surface area (Å²) in [7, 11) is 0. The Labute approximate surface area is 83.1 Å². The Hall–Kier alpha value is -0.0400. The Morgan fingerprint density at radius 2 is 1.85 bits per heavy atom. The molecule has 13 heavy (non-hydrogen) atoms. The molecule has 2 N–H and O–H groups in total. The summed E-state index contributed by atoms with van der Waals surface area (Å²) in [5.74, 6) is 0.699. The van der Waals surface area contributed by atoms with Gasteiger partial charge in [-0.05, 0) is 29.6 Å². The lowest BCUT2D eigenvalue weighted by atomic mass is 9.58. The molecule has 0 bridgehead atoms. The minimum atomic E-state index is 0.344. The van der Waals surface area contributed by atoms with Gasteiger partial charge in [-0.3, -0.25) is 0 Å². The highest BCUT2D eigenvalue weighted by Crippen LogP contribution is 2.54. The molecule has 1 saturated carbocycles. The van der Waals surface area contributed by atoms with Crippen LogP contribution in [0.25, 0.3) is 0 Å². The summed E-state index contributed by atoms with van der Waals surface area (Å²) >= 11 is 0. The van der Waals surface area contributed by atoms with Crippen molar-refractivity contribution in [1.29, 1.82) is 0 Å². The van der Waals surface area contributed by atoms with Crippen molar-refractivity contribution in [3.8, 4) is 0 Å². The number of hydrogen-bond acceptors (Lipinski definition) is 1. The fourth-order valence-corrected chi connectivity index (χ4v) is 3.57. The van der Waals surface area contributed by atoms with Gasteiger partial charge in [-0.2, -0.15) is 0 Å². The van der Waals surface area contributed by atoms with E-state index in [2.05, 4.69) is 34.6 Å². The van der Waals surface area contributed by atoms with Crippen LogP contribution in [0, 0.1) is 16.7 Å².